The molecule has 0 spiro atoms. The predicted octanol–water partition coefficient (Wildman–Crippen LogP) is 3.74. The predicted molar refractivity (Wildman–Crippen MR) is 61.2 cm³/mol. The Bertz CT molecular complexity index is 566. The van der Waals surface area contributed by atoms with E-state index in [4.69, 9.17) is 10.2 Å². The van der Waals surface area contributed by atoms with Gasteiger partial charge in [-0.05, 0) is 36.9 Å². The number of halogens is 3. The van der Waals surface area contributed by atoms with Crippen molar-refractivity contribution in [2.45, 2.75) is 23.2 Å². The highest BCUT2D eigenvalue weighted by atomic mass is 32.2. The molecule has 1 aromatic heterocycles. The molecule has 1 heterocycles. The van der Waals surface area contributed by atoms with Crippen molar-refractivity contribution in [1.82, 2.24) is 4.98 Å². The van der Waals surface area contributed by atoms with Gasteiger partial charge >= 0.3 is 6.18 Å². The Labute approximate surface area is 105 Å². The molecule has 0 unspecified atom stereocenters. The molecule has 0 aliphatic heterocycles. The van der Waals surface area contributed by atoms with Crippen molar-refractivity contribution in [2.24, 2.45) is 0 Å². The molecule has 18 heavy (non-hydrogen) atoms. The van der Waals surface area contributed by atoms with Crippen LogP contribution in [0.4, 0.5) is 18.9 Å². The minimum atomic E-state index is -4.46. The fraction of sp³-hybridized carbons (Fsp3) is 0.182. The molecule has 0 saturated heterocycles. The number of aryl methyl sites for hydroxylation is 1. The van der Waals surface area contributed by atoms with Crippen molar-refractivity contribution >= 4 is 17.4 Å². The number of hydrogen-bond donors (Lipinski definition) is 1. The monoisotopic (exact) mass is 274 g/mol. The number of nitrogens with zero attached hydrogens (tertiary/aromatic N) is 1. The zero-order valence-electron chi connectivity index (χ0n) is 9.28. The standard InChI is InChI=1S/C11H9F3N2OS/c1-6-5-17-10(16-6)18-9-3-2-7(15)4-8(9)11(12,13)14/h2-5H,15H2,1H3. The zero-order valence-corrected chi connectivity index (χ0v) is 10.1. The molecule has 0 saturated carbocycles. The van der Waals surface area contributed by atoms with Gasteiger partial charge in [-0.1, -0.05) is 0 Å². The summed E-state index contributed by atoms with van der Waals surface area (Å²) < 4.78 is 43.5. The van der Waals surface area contributed by atoms with Crippen LogP contribution in [0.1, 0.15) is 11.3 Å². The molecule has 2 rings (SSSR count). The van der Waals surface area contributed by atoms with Crippen LogP contribution in [-0.4, -0.2) is 4.98 Å². The van der Waals surface area contributed by atoms with Gasteiger partial charge in [-0.3, -0.25) is 0 Å². The maximum Gasteiger partial charge on any atom is 0.417 e. The maximum absolute atomic E-state index is 12.8. The number of anilines is 1. The molecule has 0 fully saturated rings. The topological polar surface area (TPSA) is 52.0 Å². The Morgan fingerprint density at radius 2 is 2.06 bits per heavy atom. The van der Waals surface area contributed by atoms with E-state index in [1.54, 1.807) is 6.92 Å². The lowest BCUT2D eigenvalue weighted by Crippen LogP contribution is -2.07. The van der Waals surface area contributed by atoms with Gasteiger partial charge in [0.15, 0.2) is 0 Å². The van der Waals surface area contributed by atoms with Gasteiger partial charge in [0.2, 0.25) is 0 Å². The molecule has 7 heteroatoms. The Hall–Kier alpha value is -1.63. The Morgan fingerprint density at radius 3 is 2.61 bits per heavy atom. The number of rotatable bonds is 2. The molecule has 0 amide bonds. The van der Waals surface area contributed by atoms with E-state index in [-0.39, 0.29) is 15.8 Å². The van der Waals surface area contributed by atoms with Crippen molar-refractivity contribution in [3.8, 4) is 0 Å². The number of nitrogens with two attached hydrogens (primary N) is 1. The fourth-order valence-corrected chi connectivity index (χ4v) is 2.23. The lowest BCUT2D eigenvalue weighted by molar-refractivity contribution is -0.139. The summed E-state index contributed by atoms with van der Waals surface area (Å²) in [7, 11) is 0. The first-order valence-corrected chi connectivity index (χ1v) is 5.74. The van der Waals surface area contributed by atoms with Crippen LogP contribution < -0.4 is 5.73 Å². The minimum Gasteiger partial charge on any atom is -0.439 e. The van der Waals surface area contributed by atoms with Crippen LogP contribution in [0.15, 0.2) is 39.0 Å². The molecule has 0 aliphatic rings. The Balaban J connectivity index is 2.38. The van der Waals surface area contributed by atoms with Gasteiger partial charge in [-0.25, -0.2) is 4.98 Å². The van der Waals surface area contributed by atoms with E-state index in [2.05, 4.69) is 4.98 Å². The summed E-state index contributed by atoms with van der Waals surface area (Å²) in [6.45, 7) is 1.70. The van der Waals surface area contributed by atoms with Crippen LogP contribution >= 0.6 is 11.8 Å². The maximum atomic E-state index is 12.8. The summed E-state index contributed by atoms with van der Waals surface area (Å²) in [4.78, 5) is 3.96. The van der Waals surface area contributed by atoms with Crippen LogP contribution in [0, 0.1) is 6.92 Å². The molecular weight excluding hydrogens is 265 g/mol. The second-order valence-corrected chi connectivity index (χ2v) is 4.60. The molecule has 0 aliphatic carbocycles. The zero-order chi connectivity index (χ0) is 13.3. The summed E-state index contributed by atoms with van der Waals surface area (Å²) in [5.41, 5.74) is 5.26. The summed E-state index contributed by atoms with van der Waals surface area (Å²) >= 11 is 0.817. The number of hydrogen-bond acceptors (Lipinski definition) is 4. The average Bonchev–Trinajstić information content (AvgIpc) is 2.65. The third kappa shape index (κ3) is 2.79. The van der Waals surface area contributed by atoms with Crippen LogP contribution in [0.2, 0.25) is 0 Å². The summed E-state index contributed by atoms with van der Waals surface area (Å²) in [6, 6.07) is 3.62. The lowest BCUT2D eigenvalue weighted by atomic mass is 10.2. The van der Waals surface area contributed by atoms with Crippen LogP contribution in [0.3, 0.4) is 0 Å². The summed E-state index contributed by atoms with van der Waals surface area (Å²) in [5.74, 6) is 0. The minimum absolute atomic E-state index is 0.0125. The molecular formula is C11H9F3N2OS. The number of oxazole rings is 1. The third-order valence-corrected chi connectivity index (χ3v) is 3.04. The first-order valence-electron chi connectivity index (χ1n) is 4.93. The van der Waals surface area contributed by atoms with Gasteiger partial charge in [0, 0.05) is 10.6 Å². The molecule has 2 aromatic rings. The van der Waals surface area contributed by atoms with Crippen LogP contribution in [-0.2, 0) is 6.18 Å². The second-order valence-electron chi connectivity index (χ2n) is 3.61. The van der Waals surface area contributed by atoms with Gasteiger partial charge in [0.25, 0.3) is 5.22 Å². The number of aromatic nitrogens is 1. The summed E-state index contributed by atoms with van der Waals surface area (Å²) in [6.07, 6.45) is -3.08. The Kier molecular flexibility index (Phi) is 3.25. The molecule has 0 bridgehead atoms. The van der Waals surface area contributed by atoms with E-state index in [9.17, 15) is 13.2 Å². The highest BCUT2D eigenvalue weighted by molar-refractivity contribution is 7.99. The van der Waals surface area contributed by atoms with Crippen LogP contribution in [0.5, 0.6) is 0 Å². The van der Waals surface area contributed by atoms with Crippen molar-refractivity contribution in [2.75, 3.05) is 5.73 Å². The Morgan fingerprint density at radius 1 is 1.33 bits per heavy atom. The second kappa shape index (κ2) is 4.56. The van der Waals surface area contributed by atoms with Crippen LogP contribution in [0.25, 0.3) is 0 Å². The quantitative estimate of drug-likeness (QED) is 0.848. The summed E-state index contributed by atoms with van der Waals surface area (Å²) in [5, 5.41) is 0.169. The van der Waals surface area contributed by atoms with Gasteiger partial charge in [-0.15, -0.1) is 0 Å². The third-order valence-electron chi connectivity index (χ3n) is 2.10. The molecule has 3 nitrogen and oxygen atoms in total. The number of benzene rings is 1. The number of alkyl halides is 3. The highest BCUT2D eigenvalue weighted by Crippen LogP contribution is 2.40. The van der Waals surface area contributed by atoms with E-state index in [0.717, 1.165) is 17.8 Å². The van der Waals surface area contributed by atoms with E-state index >= 15 is 0 Å². The first-order chi connectivity index (χ1) is 8.36. The van der Waals surface area contributed by atoms with Gasteiger partial charge < -0.3 is 10.2 Å². The van der Waals surface area contributed by atoms with Gasteiger partial charge in [0.05, 0.1) is 11.3 Å². The smallest absolute Gasteiger partial charge is 0.417 e. The van der Waals surface area contributed by atoms with Crippen molar-refractivity contribution in [3.63, 3.8) is 0 Å². The van der Waals surface area contributed by atoms with Gasteiger partial charge in [-0.2, -0.15) is 13.2 Å². The lowest BCUT2D eigenvalue weighted by Gasteiger charge is -2.11. The van der Waals surface area contributed by atoms with Crippen molar-refractivity contribution in [3.05, 3.63) is 35.7 Å². The molecule has 0 radical (unpaired) electrons. The normalized spacial score (nSPS) is 11.8. The van der Waals surface area contributed by atoms with E-state index in [1.807, 2.05) is 0 Å². The first kappa shape index (κ1) is 12.8. The fourth-order valence-electron chi connectivity index (χ4n) is 1.33. The number of nitrogen functional groups attached to an aromatic ring is 1. The molecule has 1 aromatic carbocycles. The largest absolute Gasteiger partial charge is 0.439 e. The van der Waals surface area contributed by atoms with E-state index in [1.165, 1.54) is 18.4 Å². The molecule has 96 valence electrons. The SMILES string of the molecule is Cc1coc(Sc2ccc(N)cc2C(F)(F)F)n1. The van der Waals surface area contributed by atoms with Crippen molar-refractivity contribution in [1.29, 1.82) is 0 Å². The van der Waals surface area contributed by atoms with Crippen molar-refractivity contribution < 1.29 is 17.6 Å². The molecule has 2 N–H and O–H groups in total. The van der Waals surface area contributed by atoms with E-state index < -0.39 is 11.7 Å². The molecule has 0 atom stereocenters. The van der Waals surface area contributed by atoms with Gasteiger partial charge in [0.1, 0.15) is 6.26 Å². The average molecular weight is 274 g/mol. The highest BCUT2D eigenvalue weighted by Gasteiger charge is 2.34. The van der Waals surface area contributed by atoms with E-state index in [0.29, 0.717) is 5.69 Å².